The van der Waals surface area contributed by atoms with Gasteiger partial charge in [-0.15, -0.1) is 10.2 Å². The topological polar surface area (TPSA) is 30.2 Å². The number of hydrogen-bond acceptors (Lipinski definition) is 2. The second kappa shape index (κ2) is 12.7. The molecule has 0 aliphatic carbocycles. The normalized spacial score (nSPS) is 13.0. The van der Waals surface area contributed by atoms with Crippen LogP contribution in [0.5, 0.6) is 0 Å². The summed E-state index contributed by atoms with van der Waals surface area (Å²) < 4.78 is 2.15. The smallest absolute Gasteiger partial charge is 0.160 e. The van der Waals surface area contributed by atoms with Crippen molar-refractivity contribution in [1.29, 1.82) is 0 Å². The highest BCUT2D eigenvalue weighted by Gasteiger charge is 2.15. The molecule has 1 atom stereocenters. The van der Waals surface area contributed by atoms with E-state index in [2.05, 4.69) is 52.9 Å². The van der Waals surface area contributed by atoms with Gasteiger partial charge in [0.2, 0.25) is 0 Å². The van der Waals surface area contributed by atoms with E-state index in [1.165, 1.54) is 70.6 Å². The van der Waals surface area contributed by atoms with Crippen molar-refractivity contribution in [2.75, 3.05) is 0 Å². The minimum Gasteiger partial charge on any atom is -0.286 e. The number of hydrogen-bond donors (Lipinski definition) is 0. The Morgan fingerprint density at radius 2 is 1.62 bits per heavy atom. The summed E-state index contributed by atoms with van der Waals surface area (Å²) in [6.45, 7) is 4.54. The van der Waals surface area contributed by atoms with Crippen LogP contribution in [0.4, 0.5) is 0 Å². The monoisotopic (exact) mass is 355 g/mol. The Morgan fingerprint density at radius 3 is 2.38 bits per heavy atom. The van der Waals surface area contributed by atoms with Gasteiger partial charge in [0.15, 0.2) is 5.65 Å². The van der Waals surface area contributed by atoms with Gasteiger partial charge in [-0.3, -0.25) is 4.40 Å². The van der Waals surface area contributed by atoms with Crippen molar-refractivity contribution < 1.29 is 0 Å². The molecule has 3 heteroatoms. The molecule has 0 amide bonds. The molecule has 2 aromatic rings. The fraction of sp³-hybridized carbons (Fsp3) is 0.652. The van der Waals surface area contributed by atoms with Crippen molar-refractivity contribution in [3.8, 4) is 0 Å². The highest BCUT2D eigenvalue weighted by atomic mass is 15.2. The van der Waals surface area contributed by atoms with Gasteiger partial charge in [-0.2, -0.15) is 0 Å². The zero-order valence-corrected chi connectivity index (χ0v) is 16.9. The van der Waals surface area contributed by atoms with Crippen molar-refractivity contribution in [2.45, 2.75) is 96.8 Å². The first kappa shape index (κ1) is 20.7. The Balaban J connectivity index is 1.59. The van der Waals surface area contributed by atoms with Gasteiger partial charge in [-0.1, -0.05) is 70.6 Å². The number of rotatable bonds is 14. The molecule has 144 valence electrons. The predicted octanol–water partition coefficient (Wildman–Crippen LogP) is 7.09. The molecule has 0 aliphatic heterocycles. The Bertz CT molecular complexity index is 629. The average molecular weight is 356 g/mol. The van der Waals surface area contributed by atoms with Gasteiger partial charge >= 0.3 is 0 Å². The third-order valence-corrected chi connectivity index (χ3v) is 5.26. The molecule has 2 rings (SSSR count). The molecule has 1 unspecified atom stereocenters. The van der Waals surface area contributed by atoms with Crippen LogP contribution in [-0.4, -0.2) is 14.6 Å². The lowest BCUT2D eigenvalue weighted by molar-refractivity contribution is 0.531. The Kier molecular flexibility index (Phi) is 10.1. The van der Waals surface area contributed by atoms with Crippen LogP contribution in [0.1, 0.15) is 103 Å². The molecule has 0 radical (unpaired) electrons. The van der Waals surface area contributed by atoms with E-state index in [0.717, 1.165) is 17.9 Å². The van der Waals surface area contributed by atoms with Gasteiger partial charge in [-0.05, 0) is 50.7 Å². The van der Waals surface area contributed by atoms with E-state index in [0.29, 0.717) is 5.92 Å². The molecule has 0 aliphatic rings. The zero-order chi connectivity index (χ0) is 18.5. The van der Waals surface area contributed by atoms with Crippen LogP contribution in [0.15, 0.2) is 36.5 Å². The van der Waals surface area contributed by atoms with Crippen LogP contribution in [0, 0.1) is 0 Å². The maximum absolute atomic E-state index is 4.44. The zero-order valence-electron chi connectivity index (χ0n) is 16.9. The van der Waals surface area contributed by atoms with Crippen LogP contribution in [0.2, 0.25) is 0 Å². The van der Waals surface area contributed by atoms with Gasteiger partial charge in [0.1, 0.15) is 5.82 Å². The first-order valence-electron chi connectivity index (χ1n) is 10.8. The van der Waals surface area contributed by atoms with E-state index in [-0.39, 0.29) is 0 Å². The summed E-state index contributed by atoms with van der Waals surface area (Å²) in [6.07, 6.45) is 22.5. The Labute approximate surface area is 159 Å². The molecular formula is C23H37N3. The minimum atomic E-state index is 0.513. The summed E-state index contributed by atoms with van der Waals surface area (Å²) >= 11 is 0. The fourth-order valence-corrected chi connectivity index (χ4v) is 3.59. The molecule has 26 heavy (non-hydrogen) atoms. The van der Waals surface area contributed by atoms with Crippen molar-refractivity contribution in [2.24, 2.45) is 0 Å². The average Bonchev–Trinajstić information content (AvgIpc) is 3.10. The summed E-state index contributed by atoms with van der Waals surface area (Å²) in [5.74, 6) is 1.64. The number of fused-ring (bicyclic) bond motifs is 1. The van der Waals surface area contributed by atoms with Gasteiger partial charge in [0, 0.05) is 12.1 Å². The van der Waals surface area contributed by atoms with Gasteiger partial charge in [-0.25, -0.2) is 0 Å². The van der Waals surface area contributed by atoms with Gasteiger partial charge < -0.3 is 0 Å². The van der Waals surface area contributed by atoms with E-state index in [1.807, 2.05) is 12.1 Å². The lowest BCUT2D eigenvalue weighted by atomic mass is 9.97. The second-order valence-corrected chi connectivity index (χ2v) is 7.40. The number of aromatic nitrogens is 3. The molecule has 3 nitrogen and oxygen atoms in total. The summed E-state index contributed by atoms with van der Waals surface area (Å²) in [6, 6.07) is 6.10. The minimum absolute atomic E-state index is 0.513. The first-order chi connectivity index (χ1) is 12.9. The Hall–Kier alpha value is -1.64. The molecular weight excluding hydrogens is 318 g/mol. The molecule has 0 bridgehead atoms. The molecule has 0 aromatic carbocycles. The molecule has 0 saturated heterocycles. The van der Waals surface area contributed by atoms with Crippen LogP contribution < -0.4 is 0 Å². The van der Waals surface area contributed by atoms with E-state index in [4.69, 9.17) is 0 Å². The van der Waals surface area contributed by atoms with E-state index >= 15 is 0 Å². The van der Waals surface area contributed by atoms with Crippen LogP contribution >= 0.6 is 0 Å². The number of allylic oxidation sites excluding steroid dienone is 2. The highest BCUT2D eigenvalue weighted by Crippen LogP contribution is 2.24. The number of pyridine rings is 1. The van der Waals surface area contributed by atoms with Crippen LogP contribution in [-0.2, 0) is 0 Å². The lowest BCUT2D eigenvalue weighted by Gasteiger charge is -2.12. The third kappa shape index (κ3) is 6.93. The lowest BCUT2D eigenvalue weighted by Crippen LogP contribution is -2.03. The van der Waals surface area contributed by atoms with Gasteiger partial charge in [0.05, 0.1) is 0 Å². The maximum atomic E-state index is 4.44. The summed E-state index contributed by atoms with van der Waals surface area (Å²) in [7, 11) is 0. The molecule has 0 fully saturated rings. The molecule has 0 spiro atoms. The second-order valence-electron chi connectivity index (χ2n) is 7.40. The largest absolute Gasteiger partial charge is 0.286 e. The SMILES string of the molecule is CCCCCCCC/C=C/CCCCC(CC)c1nnc2ccccn12. The molecule has 2 heterocycles. The first-order valence-corrected chi connectivity index (χ1v) is 10.8. The quantitative estimate of drug-likeness (QED) is 0.267. The molecule has 2 aromatic heterocycles. The van der Waals surface area contributed by atoms with E-state index in [1.54, 1.807) is 0 Å². The summed E-state index contributed by atoms with van der Waals surface area (Å²) in [5.41, 5.74) is 0.957. The maximum Gasteiger partial charge on any atom is 0.160 e. The van der Waals surface area contributed by atoms with Crippen molar-refractivity contribution >= 4 is 5.65 Å². The third-order valence-electron chi connectivity index (χ3n) is 5.26. The fourth-order valence-electron chi connectivity index (χ4n) is 3.59. The summed E-state index contributed by atoms with van der Waals surface area (Å²) in [5, 5.41) is 8.74. The van der Waals surface area contributed by atoms with Crippen molar-refractivity contribution in [3.63, 3.8) is 0 Å². The van der Waals surface area contributed by atoms with Crippen LogP contribution in [0.25, 0.3) is 5.65 Å². The number of unbranched alkanes of at least 4 members (excludes halogenated alkanes) is 8. The van der Waals surface area contributed by atoms with Gasteiger partial charge in [0.25, 0.3) is 0 Å². The Morgan fingerprint density at radius 1 is 0.885 bits per heavy atom. The van der Waals surface area contributed by atoms with Crippen molar-refractivity contribution in [1.82, 2.24) is 14.6 Å². The highest BCUT2D eigenvalue weighted by molar-refractivity contribution is 5.37. The van der Waals surface area contributed by atoms with E-state index in [9.17, 15) is 0 Å². The summed E-state index contributed by atoms with van der Waals surface area (Å²) in [4.78, 5) is 0. The standard InChI is InChI=1S/C23H37N3/c1-3-5-6-7-8-9-10-11-12-13-14-15-18-21(4-2)23-25-24-22-19-16-17-20-26(22)23/h11-12,16-17,19-21H,3-10,13-15,18H2,1-2H3/b12-11+. The molecule has 0 saturated carbocycles. The van der Waals surface area contributed by atoms with Crippen LogP contribution in [0.3, 0.4) is 0 Å². The number of nitrogens with zero attached hydrogens (tertiary/aromatic N) is 3. The molecule has 0 N–H and O–H groups in total. The predicted molar refractivity (Wildman–Crippen MR) is 112 cm³/mol. The van der Waals surface area contributed by atoms with Crippen molar-refractivity contribution in [3.05, 3.63) is 42.4 Å². The van der Waals surface area contributed by atoms with E-state index < -0.39 is 0 Å².